The number of benzene rings is 6. The maximum Gasteiger partial charge on any atom is 0.416 e. The highest BCUT2D eigenvalue weighted by Crippen LogP contribution is 2.61. The molecule has 0 unspecified atom stereocenters. The van der Waals surface area contributed by atoms with Crippen LogP contribution < -0.4 is 27.4 Å². The van der Waals surface area contributed by atoms with Crippen molar-refractivity contribution in [1.29, 1.82) is 0 Å². The molecule has 89 heavy (non-hydrogen) atoms. The van der Waals surface area contributed by atoms with Crippen LogP contribution >= 0.6 is 0 Å². The van der Waals surface area contributed by atoms with Crippen molar-refractivity contribution in [3.63, 3.8) is 0 Å². The van der Waals surface area contributed by atoms with E-state index in [-0.39, 0.29) is 92.3 Å². The highest BCUT2D eigenvalue weighted by Gasteiger charge is 2.55. The van der Waals surface area contributed by atoms with E-state index >= 15 is 0 Å². The summed E-state index contributed by atoms with van der Waals surface area (Å²) in [7, 11) is 0. The molecule has 0 radical (unpaired) electrons. The first kappa shape index (κ1) is 66.3. The van der Waals surface area contributed by atoms with Crippen LogP contribution in [0.25, 0.3) is 22.5 Å². The number of allylic oxidation sites excluding steroid dienone is 4. The van der Waals surface area contributed by atoms with Crippen LogP contribution in [0.3, 0.4) is 0 Å². The van der Waals surface area contributed by atoms with Crippen LogP contribution in [0.2, 0.25) is 0 Å². The predicted molar refractivity (Wildman–Crippen MR) is 265 cm³/mol. The molecule has 2 heterocycles. The Balaban J connectivity index is 0.00000941. The van der Waals surface area contributed by atoms with Crippen molar-refractivity contribution in [2.24, 2.45) is 10.4 Å². The smallest absolute Gasteiger partial charge is 0.416 e. The number of aliphatic hydroxyl groups is 2. The van der Waals surface area contributed by atoms with Crippen LogP contribution in [0, 0.1) is 5.41 Å². The maximum absolute atomic E-state index is 14.9. The molecule has 6 aromatic carbocycles. The minimum atomic E-state index is -5.84. The van der Waals surface area contributed by atoms with Gasteiger partial charge in [0.1, 0.15) is 11.2 Å². The standard InChI is InChI=1S/C60H35F24NO3.BrH/c61-53(62,63)34-11-30(12-35(19-34)54(64,65)66)51(86,31-13-36(55(67,68)69)20-37(14-31)56(70,71)72)42-23-44-46(50(25-42)7-9-88-10-8-50)24-47(45-27-85-26-29-6-5-28-3-1-2-4-43(28)48(29)49(44)45)52(87,32-15-38(57(73,74)75)21-39(16-32)58(76,77)78)33-17-40(59(79,80)81)22-41(18-33)60(82,83)84;/h1-6,11-23,26-27,86-87H,7-10,24-25H2;1H/p-1. The van der Waals surface area contributed by atoms with E-state index in [0.29, 0.717) is 6.21 Å². The number of alkyl halides is 24. The van der Waals surface area contributed by atoms with Gasteiger partial charge < -0.3 is 31.9 Å². The topological polar surface area (TPSA) is 62.0 Å². The lowest BCUT2D eigenvalue weighted by Gasteiger charge is -2.50. The summed E-state index contributed by atoms with van der Waals surface area (Å²) in [6.45, 7) is -1.03. The lowest BCUT2D eigenvalue weighted by Crippen LogP contribution is -3.00. The van der Waals surface area contributed by atoms with E-state index in [0.717, 1.165) is 12.3 Å². The molecule has 0 saturated carbocycles. The van der Waals surface area contributed by atoms with Gasteiger partial charge in [-0.2, -0.15) is 105 Å². The summed E-state index contributed by atoms with van der Waals surface area (Å²) in [5, 5.41) is 27.3. The zero-order valence-electron chi connectivity index (χ0n) is 44.1. The Morgan fingerprint density at radius 3 is 1.13 bits per heavy atom. The molecule has 2 aliphatic carbocycles. The van der Waals surface area contributed by atoms with Crippen molar-refractivity contribution in [1.82, 2.24) is 0 Å². The minimum absolute atomic E-state index is 0. The Morgan fingerprint density at radius 2 is 0.764 bits per heavy atom. The van der Waals surface area contributed by atoms with Crippen molar-refractivity contribution in [2.45, 2.75) is 86.3 Å². The second kappa shape index (κ2) is 21.8. The molecule has 0 atom stereocenters. The van der Waals surface area contributed by atoms with Gasteiger partial charge in [0.05, 0.1) is 44.5 Å². The van der Waals surface area contributed by atoms with Gasteiger partial charge in [0.25, 0.3) is 0 Å². The van der Waals surface area contributed by atoms with Gasteiger partial charge in [0, 0.05) is 41.8 Å². The number of nitrogens with zero attached hydrogens (tertiary/aromatic N) is 1. The second-order valence-corrected chi connectivity index (χ2v) is 21.3. The Morgan fingerprint density at radius 1 is 0.416 bits per heavy atom. The Kier molecular flexibility index (Phi) is 16.2. The summed E-state index contributed by atoms with van der Waals surface area (Å²) >= 11 is 0. The average Bonchev–Trinajstić information content (AvgIpc) is 1.38. The van der Waals surface area contributed by atoms with Gasteiger partial charge in [-0.3, -0.25) is 4.99 Å². The molecule has 0 amide bonds. The number of halogens is 25. The van der Waals surface area contributed by atoms with Crippen LogP contribution in [-0.2, 0) is 65.3 Å². The molecule has 4 nitrogen and oxygen atoms in total. The van der Waals surface area contributed by atoms with Crippen molar-refractivity contribution >= 4 is 28.8 Å². The molecular formula is C60H35BrF24NO3-. The minimum Gasteiger partial charge on any atom is -1.00 e. The van der Waals surface area contributed by atoms with Gasteiger partial charge in [0.2, 0.25) is 0 Å². The van der Waals surface area contributed by atoms with Gasteiger partial charge in [-0.05, 0) is 159 Å². The summed E-state index contributed by atoms with van der Waals surface area (Å²) in [4.78, 5) is 4.22. The van der Waals surface area contributed by atoms with Crippen LogP contribution in [0.15, 0.2) is 148 Å². The van der Waals surface area contributed by atoms with Gasteiger partial charge in [-0.1, -0.05) is 48.0 Å². The van der Waals surface area contributed by atoms with E-state index in [1.165, 1.54) is 36.4 Å². The summed E-state index contributed by atoms with van der Waals surface area (Å²) in [5.41, 5.74) is -39.1. The number of hydrogen-bond donors (Lipinski definition) is 2. The summed E-state index contributed by atoms with van der Waals surface area (Å²) in [6, 6.07) is 5.03. The second-order valence-electron chi connectivity index (χ2n) is 21.3. The summed E-state index contributed by atoms with van der Waals surface area (Å²) in [5.74, 6) is 0. The number of aliphatic imine (C=N–C) groups is 1. The molecule has 0 bridgehead atoms. The fraction of sp³-hybridized carbons (Fsp3) is 0.283. The third-order valence-electron chi connectivity index (χ3n) is 16.0. The lowest BCUT2D eigenvalue weighted by atomic mass is 9.56. The van der Waals surface area contributed by atoms with Crippen LogP contribution in [0.1, 0.15) is 92.4 Å². The number of hydrogen-bond acceptors (Lipinski definition) is 4. The van der Waals surface area contributed by atoms with Crippen LogP contribution in [0.5, 0.6) is 0 Å². The molecule has 2 N–H and O–H groups in total. The van der Waals surface area contributed by atoms with Crippen molar-refractivity contribution in [3.05, 3.63) is 220 Å². The first-order valence-electron chi connectivity index (χ1n) is 25.5. The van der Waals surface area contributed by atoms with Gasteiger partial charge >= 0.3 is 49.4 Å². The van der Waals surface area contributed by atoms with E-state index in [1.54, 1.807) is 0 Å². The predicted octanol–water partition coefficient (Wildman–Crippen LogP) is 14.0. The maximum atomic E-state index is 14.9. The third-order valence-corrected chi connectivity index (χ3v) is 16.0. The first-order chi connectivity index (χ1) is 40.3. The molecule has 0 aromatic heterocycles. The average molecular weight is 1350 g/mol. The number of rotatable bonds is 6. The van der Waals surface area contributed by atoms with E-state index in [2.05, 4.69) is 4.99 Å². The normalized spacial score (nSPS) is 17.2. The molecule has 474 valence electrons. The van der Waals surface area contributed by atoms with Crippen molar-refractivity contribution in [3.8, 4) is 0 Å². The quantitative estimate of drug-likeness (QED) is 0.163. The monoisotopic (exact) mass is 1350 g/mol. The molecule has 4 aliphatic rings. The third kappa shape index (κ3) is 12.1. The van der Waals surface area contributed by atoms with Gasteiger partial charge in [-0.15, -0.1) is 0 Å². The molecule has 10 rings (SSSR count). The van der Waals surface area contributed by atoms with E-state index in [4.69, 9.17) is 4.74 Å². The van der Waals surface area contributed by atoms with Crippen molar-refractivity contribution < 1.29 is 137 Å². The molecule has 6 aromatic rings. The SMILES string of the molecule is OC(C1=CC2=C(CC(C(O)(c3cc(C(F)(F)F)cc(C(F)(F)F)c3)c3cc(C(F)(F)F)cc(C(F)(F)F)c3)=C3C=NC=c4ccc5ccccc5c4=C23)C2(CCOCC2)C1)(c1cc(C(F)(F)F)cc(C(F)(F)F)c1)c1cc(C(F)(F)F)cc(C(F)(F)F)c1.[Br-]. The highest BCUT2D eigenvalue weighted by molar-refractivity contribution is 6.08. The Labute approximate surface area is 494 Å². The van der Waals surface area contributed by atoms with E-state index < -0.39 is 224 Å². The number of ether oxygens (including phenoxy) is 1. The molecule has 1 fully saturated rings. The lowest BCUT2D eigenvalue weighted by molar-refractivity contribution is -0.145. The summed E-state index contributed by atoms with van der Waals surface area (Å²) in [6.07, 6.45) is -47.7. The molecule has 2 aliphatic heterocycles. The van der Waals surface area contributed by atoms with Gasteiger partial charge in [-0.25, -0.2) is 0 Å². The Hall–Kier alpha value is -7.11. The fourth-order valence-corrected chi connectivity index (χ4v) is 11.9. The van der Waals surface area contributed by atoms with Crippen LogP contribution in [-0.4, -0.2) is 29.6 Å². The zero-order valence-corrected chi connectivity index (χ0v) is 45.7. The van der Waals surface area contributed by atoms with Gasteiger partial charge in [0.15, 0.2) is 0 Å². The molecule has 1 saturated heterocycles. The molecule has 29 heteroatoms. The van der Waals surface area contributed by atoms with Crippen molar-refractivity contribution in [2.75, 3.05) is 13.2 Å². The summed E-state index contributed by atoms with van der Waals surface area (Å²) < 4.78 is 363. The number of fused-ring (bicyclic) bond motifs is 6. The Bertz CT molecular complexity index is 3830. The zero-order chi connectivity index (χ0) is 64.7. The fourth-order valence-electron chi connectivity index (χ4n) is 11.9. The molecular weight excluding hydrogens is 1320 g/mol. The molecule has 1 spiro atoms. The highest BCUT2D eigenvalue weighted by atomic mass is 79.9. The van der Waals surface area contributed by atoms with Crippen LogP contribution in [0.4, 0.5) is 105 Å². The van der Waals surface area contributed by atoms with E-state index in [1.807, 2.05) is 0 Å². The first-order valence-corrected chi connectivity index (χ1v) is 25.5. The largest absolute Gasteiger partial charge is 1.00 e. The van der Waals surface area contributed by atoms with E-state index in [9.17, 15) is 116 Å².